The fraction of sp³-hybridized carbons (Fsp3) is 0.143. The molecule has 5 rings (SSSR count). The van der Waals surface area contributed by atoms with Crippen molar-refractivity contribution >= 4 is 21.9 Å². The molecule has 0 aliphatic heterocycles. The summed E-state index contributed by atoms with van der Waals surface area (Å²) in [4.78, 5) is 0. The van der Waals surface area contributed by atoms with Gasteiger partial charge in [-0.2, -0.15) is 0 Å². The van der Waals surface area contributed by atoms with Gasteiger partial charge in [-0.05, 0) is 28.2 Å². The van der Waals surface area contributed by atoms with E-state index in [0.717, 1.165) is 16.7 Å². The molecule has 1 nitrogen and oxygen atoms in total. The zero-order valence-electron chi connectivity index (χ0n) is 17.1. The molecule has 1 heteroatoms. The maximum Gasteiger partial charge on any atom is 0.143 e. The van der Waals surface area contributed by atoms with Crippen LogP contribution in [0.3, 0.4) is 0 Å². The highest BCUT2D eigenvalue weighted by atomic mass is 16.3. The van der Waals surface area contributed by atoms with Crippen molar-refractivity contribution in [3.05, 3.63) is 96.6 Å². The molecule has 0 N–H and O–H groups in total. The zero-order chi connectivity index (χ0) is 20.0. The molecule has 0 aliphatic rings. The molecular formula is C28H24O. The van der Waals surface area contributed by atoms with E-state index in [1.165, 1.54) is 33.0 Å². The molecule has 5 aromatic rings. The Morgan fingerprint density at radius 1 is 0.552 bits per heavy atom. The van der Waals surface area contributed by atoms with Gasteiger partial charge in [0, 0.05) is 21.9 Å². The van der Waals surface area contributed by atoms with E-state index in [9.17, 15) is 0 Å². The minimum Gasteiger partial charge on any atom is -0.455 e. The summed E-state index contributed by atoms with van der Waals surface area (Å²) < 4.78 is 6.54. The van der Waals surface area contributed by atoms with Crippen molar-refractivity contribution in [2.75, 3.05) is 0 Å². The Balaban J connectivity index is 1.75. The highest BCUT2D eigenvalue weighted by Gasteiger charge is 2.21. The summed E-state index contributed by atoms with van der Waals surface area (Å²) in [6.45, 7) is 6.71. The Bertz CT molecular complexity index is 1320. The SMILES string of the molecule is CC(C)(C)c1cccc2c1oc1c(-c3cccc(-c4ccccc4)c3)cccc12. The standard InChI is InChI=1S/C28H24O/c1-28(2,3)25-17-9-16-24-23-15-8-14-22(26(23)29-27(24)25)21-13-7-12-20(18-21)19-10-5-4-6-11-19/h4-18H,1-3H3. The first-order valence-electron chi connectivity index (χ1n) is 10.1. The fourth-order valence-corrected chi connectivity index (χ4v) is 4.14. The fourth-order valence-electron chi connectivity index (χ4n) is 4.14. The number of fused-ring (bicyclic) bond motifs is 3. The molecule has 0 radical (unpaired) electrons. The predicted molar refractivity (Wildman–Crippen MR) is 123 cm³/mol. The average molecular weight is 376 g/mol. The lowest BCUT2D eigenvalue weighted by Crippen LogP contribution is -2.10. The third-order valence-electron chi connectivity index (χ3n) is 5.61. The molecule has 0 saturated carbocycles. The molecule has 1 heterocycles. The van der Waals surface area contributed by atoms with Crippen molar-refractivity contribution in [1.29, 1.82) is 0 Å². The van der Waals surface area contributed by atoms with Crippen molar-refractivity contribution in [2.24, 2.45) is 0 Å². The van der Waals surface area contributed by atoms with Gasteiger partial charge >= 0.3 is 0 Å². The lowest BCUT2D eigenvalue weighted by molar-refractivity contribution is 0.573. The Kier molecular flexibility index (Phi) is 4.06. The van der Waals surface area contributed by atoms with Gasteiger partial charge in [0.1, 0.15) is 11.2 Å². The third-order valence-corrected chi connectivity index (χ3v) is 5.61. The lowest BCUT2D eigenvalue weighted by Gasteiger charge is -2.18. The second-order valence-electron chi connectivity index (χ2n) is 8.66. The first-order chi connectivity index (χ1) is 14.0. The summed E-state index contributed by atoms with van der Waals surface area (Å²) in [6.07, 6.45) is 0. The van der Waals surface area contributed by atoms with Crippen LogP contribution < -0.4 is 0 Å². The molecule has 0 fully saturated rings. The lowest BCUT2D eigenvalue weighted by atomic mass is 9.86. The largest absolute Gasteiger partial charge is 0.455 e. The number of furan rings is 1. The summed E-state index contributed by atoms with van der Waals surface area (Å²) in [5.74, 6) is 0. The second kappa shape index (κ2) is 6.63. The van der Waals surface area contributed by atoms with E-state index in [0.29, 0.717) is 0 Å². The summed E-state index contributed by atoms with van der Waals surface area (Å²) >= 11 is 0. The van der Waals surface area contributed by atoms with Crippen LogP contribution in [0.15, 0.2) is 95.4 Å². The third kappa shape index (κ3) is 3.03. The normalized spacial score (nSPS) is 12.0. The molecule has 0 saturated heterocycles. The number of rotatable bonds is 2. The minimum atomic E-state index is 0.0285. The van der Waals surface area contributed by atoms with Crippen molar-refractivity contribution in [1.82, 2.24) is 0 Å². The van der Waals surface area contributed by atoms with Crippen LogP contribution in [0.4, 0.5) is 0 Å². The first kappa shape index (κ1) is 17.8. The van der Waals surface area contributed by atoms with Gasteiger partial charge in [-0.25, -0.2) is 0 Å². The van der Waals surface area contributed by atoms with Crippen LogP contribution in [0.5, 0.6) is 0 Å². The Morgan fingerprint density at radius 3 is 1.93 bits per heavy atom. The number of para-hydroxylation sites is 2. The van der Waals surface area contributed by atoms with Crippen LogP contribution in [0.1, 0.15) is 26.3 Å². The van der Waals surface area contributed by atoms with Gasteiger partial charge in [-0.3, -0.25) is 0 Å². The molecule has 29 heavy (non-hydrogen) atoms. The van der Waals surface area contributed by atoms with Gasteiger partial charge in [0.25, 0.3) is 0 Å². The smallest absolute Gasteiger partial charge is 0.143 e. The van der Waals surface area contributed by atoms with Crippen LogP contribution in [-0.4, -0.2) is 0 Å². The van der Waals surface area contributed by atoms with Crippen LogP contribution in [0, 0.1) is 0 Å². The molecule has 0 atom stereocenters. The van der Waals surface area contributed by atoms with Gasteiger partial charge in [0.05, 0.1) is 0 Å². The summed E-state index contributed by atoms with van der Waals surface area (Å²) in [5, 5.41) is 2.36. The second-order valence-corrected chi connectivity index (χ2v) is 8.66. The number of hydrogen-bond donors (Lipinski definition) is 0. The van der Waals surface area contributed by atoms with Gasteiger partial charge in [-0.15, -0.1) is 0 Å². The van der Waals surface area contributed by atoms with Gasteiger partial charge in [0.2, 0.25) is 0 Å². The van der Waals surface area contributed by atoms with Crippen molar-refractivity contribution < 1.29 is 4.42 Å². The van der Waals surface area contributed by atoms with Crippen LogP contribution in [-0.2, 0) is 5.41 Å². The molecular weight excluding hydrogens is 352 g/mol. The van der Waals surface area contributed by atoms with Crippen molar-refractivity contribution in [3.8, 4) is 22.3 Å². The molecule has 0 unspecified atom stereocenters. The van der Waals surface area contributed by atoms with Gasteiger partial charge in [-0.1, -0.05) is 106 Å². The first-order valence-corrected chi connectivity index (χ1v) is 10.1. The Morgan fingerprint density at radius 2 is 1.17 bits per heavy atom. The molecule has 0 bridgehead atoms. The van der Waals surface area contributed by atoms with E-state index in [1.807, 2.05) is 0 Å². The van der Waals surface area contributed by atoms with E-state index in [2.05, 4.69) is 112 Å². The van der Waals surface area contributed by atoms with E-state index in [1.54, 1.807) is 0 Å². The number of benzene rings is 4. The predicted octanol–water partition coefficient (Wildman–Crippen LogP) is 8.22. The molecule has 0 spiro atoms. The van der Waals surface area contributed by atoms with Gasteiger partial charge < -0.3 is 4.42 Å². The topological polar surface area (TPSA) is 13.1 Å². The van der Waals surface area contributed by atoms with Crippen LogP contribution >= 0.6 is 0 Å². The van der Waals surface area contributed by atoms with Crippen molar-refractivity contribution in [2.45, 2.75) is 26.2 Å². The van der Waals surface area contributed by atoms with E-state index >= 15 is 0 Å². The quantitative estimate of drug-likeness (QED) is 0.302. The minimum absolute atomic E-state index is 0.0285. The Hall–Kier alpha value is -3.32. The van der Waals surface area contributed by atoms with E-state index < -0.39 is 0 Å². The Labute approximate surface area is 171 Å². The van der Waals surface area contributed by atoms with E-state index in [-0.39, 0.29) is 5.41 Å². The van der Waals surface area contributed by atoms with Crippen LogP contribution in [0.2, 0.25) is 0 Å². The summed E-state index contributed by atoms with van der Waals surface area (Å²) in [7, 11) is 0. The summed E-state index contributed by atoms with van der Waals surface area (Å²) in [6, 6.07) is 32.2. The maximum atomic E-state index is 6.54. The van der Waals surface area contributed by atoms with Crippen molar-refractivity contribution in [3.63, 3.8) is 0 Å². The van der Waals surface area contributed by atoms with Gasteiger partial charge in [0.15, 0.2) is 0 Å². The van der Waals surface area contributed by atoms with E-state index in [4.69, 9.17) is 4.42 Å². The maximum absolute atomic E-state index is 6.54. The van der Waals surface area contributed by atoms with Crippen LogP contribution in [0.25, 0.3) is 44.2 Å². The molecule has 4 aromatic carbocycles. The average Bonchev–Trinajstić information content (AvgIpc) is 3.12. The molecule has 0 aliphatic carbocycles. The molecule has 142 valence electrons. The highest BCUT2D eigenvalue weighted by molar-refractivity contribution is 6.10. The zero-order valence-corrected chi connectivity index (χ0v) is 17.1. The molecule has 0 amide bonds. The number of hydrogen-bond acceptors (Lipinski definition) is 1. The highest BCUT2D eigenvalue weighted by Crippen LogP contribution is 2.40. The molecule has 1 aromatic heterocycles. The monoisotopic (exact) mass is 376 g/mol. The summed E-state index contributed by atoms with van der Waals surface area (Å²) in [5.41, 5.74) is 7.99.